The number of carbonyl (C=O) groups is 2. The zero-order valence-corrected chi connectivity index (χ0v) is 20.9. The molecule has 0 atom stereocenters. The highest BCUT2D eigenvalue weighted by Gasteiger charge is 2.28. The number of aromatic amines is 1. The highest BCUT2D eigenvalue weighted by molar-refractivity contribution is 6.01. The van der Waals surface area contributed by atoms with Crippen LogP contribution in [0.5, 0.6) is 11.5 Å². The van der Waals surface area contributed by atoms with Crippen LogP contribution >= 0.6 is 0 Å². The summed E-state index contributed by atoms with van der Waals surface area (Å²) in [5.41, 5.74) is 3.72. The number of phenols is 1. The Kier molecular flexibility index (Phi) is 6.82. The van der Waals surface area contributed by atoms with Crippen LogP contribution in [0.3, 0.4) is 0 Å². The third-order valence-electron chi connectivity index (χ3n) is 7.22. The largest absolute Gasteiger partial charge is 0.507 e. The maximum atomic E-state index is 13.5. The van der Waals surface area contributed by atoms with Gasteiger partial charge < -0.3 is 24.5 Å². The Bertz CT molecular complexity index is 1290. The van der Waals surface area contributed by atoms with Gasteiger partial charge in [-0.3, -0.25) is 14.7 Å². The summed E-state index contributed by atoms with van der Waals surface area (Å²) >= 11 is 0. The molecule has 0 saturated carbocycles. The van der Waals surface area contributed by atoms with Crippen molar-refractivity contribution in [3.05, 3.63) is 52.7 Å². The van der Waals surface area contributed by atoms with Crippen molar-refractivity contribution in [2.45, 2.75) is 45.8 Å². The van der Waals surface area contributed by atoms with Crippen molar-refractivity contribution in [1.29, 1.82) is 0 Å². The lowest BCUT2D eigenvalue weighted by molar-refractivity contribution is -0.133. The fraction of sp³-hybridized carbons (Fsp3) is 0.444. The Labute approximate surface area is 210 Å². The zero-order valence-electron chi connectivity index (χ0n) is 20.9. The number of benzene rings is 2. The third kappa shape index (κ3) is 4.88. The van der Waals surface area contributed by atoms with E-state index in [4.69, 9.17) is 4.74 Å². The van der Waals surface area contributed by atoms with Gasteiger partial charge in [0.05, 0.1) is 23.3 Å². The molecule has 1 fully saturated rings. The van der Waals surface area contributed by atoms with Gasteiger partial charge in [0.1, 0.15) is 18.1 Å². The number of aromatic nitrogens is 2. The zero-order chi connectivity index (χ0) is 25.2. The quantitative estimate of drug-likeness (QED) is 0.502. The molecule has 0 unspecified atom stereocenters. The van der Waals surface area contributed by atoms with Gasteiger partial charge in [-0.15, -0.1) is 0 Å². The van der Waals surface area contributed by atoms with E-state index < -0.39 is 0 Å². The number of rotatable bonds is 8. The van der Waals surface area contributed by atoms with Crippen molar-refractivity contribution in [2.24, 2.45) is 0 Å². The van der Waals surface area contributed by atoms with Crippen molar-refractivity contribution < 1.29 is 19.4 Å². The highest BCUT2D eigenvalue weighted by Crippen LogP contribution is 2.32. The van der Waals surface area contributed by atoms with E-state index in [2.05, 4.69) is 29.1 Å². The van der Waals surface area contributed by atoms with Crippen LogP contribution in [0, 0.1) is 0 Å². The van der Waals surface area contributed by atoms with Gasteiger partial charge in [-0.25, -0.2) is 0 Å². The summed E-state index contributed by atoms with van der Waals surface area (Å²) in [5, 5.41) is 18.7. The number of nitrogens with zero attached hydrogens (tertiary/aromatic N) is 4. The smallest absolute Gasteiger partial charge is 0.258 e. The molecule has 1 aromatic heterocycles. The number of H-pyrrole nitrogens is 1. The molecule has 2 aromatic carbocycles. The molecule has 5 rings (SSSR count). The molecular formula is C27H33N5O4. The van der Waals surface area contributed by atoms with E-state index in [1.54, 1.807) is 17.0 Å². The van der Waals surface area contributed by atoms with Crippen LogP contribution in [0.1, 0.15) is 53.4 Å². The van der Waals surface area contributed by atoms with Gasteiger partial charge in [-0.05, 0) is 55.8 Å². The standard InChI is InChI=1S/C27H33N5O4/c1-3-30(2)10-11-36-20-8-7-18-15-32(16-19(18)12-20)27(35)22-13-21-23(14-25(22)33)28-29-24(21)17-31-9-5-4-6-26(31)34/h7-8,12-14,33H,3-6,9-11,15-17H2,1-2H3,(H,28,29). The lowest BCUT2D eigenvalue weighted by Gasteiger charge is -2.26. The number of nitrogens with one attached hydrogen (secondary N) is 1. The summed E-state index contributed by atoms with van der Waals surface area (Å²) in [6.07, 6.45) is 2.47. The number of fused-ring (bicyclic) bond motifs is 2. The summed E-state index contributed by atoms with van der Waals surface area (Å²) in [4.78, 5) is 31.5. The molecule has 2 N–H and O–H groups in total. The Morgan fingerprint density at radius 1 is 1.19 bits per heavy atom. The number of likely N-dealkylation sites (N-methyl/N-ethyl adjacent to an activating group) is 1. The normalized spacial score (nSPS) is 15.7. The summed E-state index contributed by atoms with van der Waals surface area (Å²) < 4.78 is 5.90. The van der Waals surface area contributed by atoms with E-state index in [1.165, 1.54) is 0 Å². The molecule has 9 heteroatoms. The van der Waals surface area contributed by atoms with Gasteiger partial charge in [0.15, 0.2) is 0 Å². The van der Waals surface area contributed by atoms with Crippen LogP contribution in [0.25, 0.3) is 10.9 Å². The first-order chi connectivity index (χ1) is 17.4. The van der Waals surface area contributed by atoms with Crippen LogP contribution in [0.15, 0.2) is 30.3 Å². The van der Waals surface area contributed by atoms with Gasteiger partial charge in [0, 0.05) is 44.1 Å². The molecule has 3 heterocycles. The number of piperidine rings is 1. The molecular weight excluding hydrogens is 458 g/mol. The second-order valence-corrected chi connectivity index (χ2v) is 9.69. The summed E-state index contributed by atoms with van der Waals surface area (Å²) in [6.45, 7) is 6.58. The van der Waals surface area contributed by atoms with Crippen LogP contribution in [0.2, 0.25) is 0 Å². The van der Waals surface area contributed by atoms with Crippen molar-refractivity contribution in [2.75, 3.05) is 33.3 Å². The molecule has 1 saturated heterocycles. The minimum absolute atomic E-state index is 0.0863. The van der Waals surface area contributed by atoms with E-state index in [9.17, 15) is 14.7 Å². The molecule has 36 heavy (non-hydrogen) atoms. The number of hydrogen-bond donors (Lipinski definition) is 2. The van der Waals surface area contributed by atoms with Crippen LogP contribution in [-0.4, -0.2) is 75.1 Å². The number of phenolic OH excluding ortho intramolecular Hbond substituents is 1. The van der Waals surface area contributed by atoms with Crippen molar-refractivity contribution in [3.8, 4) is 11.5 Å². The molecule has 0 aliphatic carbocycles. The number of carbonyl (C=O) groups excluding carboxylic acids is 2. The molecule has 2 aliphatic rings. The first-order valence-corrected chi connectivity index (χ1v) is 12.6. The van der Waals surface area contributed by atoms with E-state index in [-0.39, 0.29) is 23.1 Å². The number of likely N-dealkylation sites (tertiary alicyclic amines) is 1. The van der Waals surface area contributed by atoms with Gasteiger partial charge in [-0.1, -0.05) is 13.0 Å². The average molecular weight is 492 g/mol. The van der Waals surface area contributed by atoms with Crippen molar-refractivity contribution >= 4 is 22.7 Å². The Morgan fingerprint density at radius 3 is 2.83 bits per heavy atom. The van der Waals surface area contributed by atoms with Crippen molar-refractivity contribution in [3.63, 3.8) is 0 Å². The highest BCUT2D eigenvalue weighted by atomic mass is 16.5. The van der Waals surface area contributed by atoms with E-state index in [0.717, 1.165) is 48.2 Å². The van der Waals surface area contributed by atoms with Crippen LogP contribution < -0.4 is 4.74 Å². The molecule has 3 aromatic rings. The molecule has 0 radical (unpaired) electrons. The lowest BCUT2D eigenvalue weighted by atomic mass is 10.1. The van der Waals surface area contributed by atoms with E-state index in [0.29, 0.717) is 50.4 Å². The van der Waals surface area contributed by atoms with Crippen LogP contribution in [0.4, 0.5) is 0 Å². The Hall–Kier alpha value is -3.59. The van der Waals surface area contributed by atoms with E-state index in [1.807, 2.05) is 23.1 Å². The predicted molar refractivity (Wildman–Crippen MR) is 136 cm³/mol. The maximum Gasteiger partial charge on any atom is 0.258 e. The maximum absolute atomic E-state index is 13.5. The van der Waals surface area contributed by atoms with Gasteiger partial charge >= 0.3 is 0 Å². The monoisotopic (exact) mass is 491 g/mol. The van der Waals surface area contributed by atoms with Gasteiger partial charge in [-0.2, -0.15) is 5.10 Å². The van der Waals surface area contributed by atoms with E-state index >= 15 is 0 Å². The van der Waals surface area contributed by atoms with Crippen molar-refractivity contribution in [1.82, 2.24) is 24.9 Å². The van der Waals surface area contributed by atoms with Crippen LogP contribution in [-0.2, 0) is 24.4 Å². The van der Waals surface area contributed by atoms with Gasteiger partial charge in [0.25, 0.3) is 5.91 Å². The second kappa shape index (κ2) is 10.2. The Balaban J connectivity index is 1.31. The topological polar surface area (TPSA) is 102 Å². The molecule has 9 nitrogen and oxygen atoms in total. The number of aromatic hydroxyl groups is 1. The average Bonchev–Trinajstić information content (AvgIpc) is 3.47. The third-order valence-corrected chi connectivity index (χ3v) is 7.22. The fourth-order valence-corrected chi connectivity index (χ4v) is 4.86. The first-order valence-electron chi connectivity index (χ1n) is 12.6. The predicted octanol–water partition coefficient (Wildman–Crippen LogP) is 3.27. The minimum atomic E-state index is -0.237. The number of ether oxygens (including phenoxy) is 1. The number of amides is 2. The summed E-state index contributed by atoms with van der Waals surface area (Å²) in [6, 6.07) is 9.19. The molecule has 0 bridgehead atoms. The molecule has 2 aliphatic heterocycles. The Morgan fingerprint density at radius 2 is 2.03 bits per heavy atom. The summed E-state index contributed by atoms with van der Waals surface area (Å²) in [7, 11) is 2.06. The SMILES string of the molecule is CCN(C)CCOc1ccc2c(c1)CN(C(=O)c1cc3c(CN4CCCCC4=O)n[nH]c3cc1O)C2. The summed E-state index contributed by atoms with van der Waals surface area (Å²) in [5.74, 6) is 0.603. The first kappa shape index (κ1) is 24.1. The minimum Gasteiger partial charge on any atom is -0.507 e. The molecule has 0 spiro atoms. The van der Waals surface area contributed by atoms with Gasteiger partial charge in [0.2, 0.25) is 5.91 Å². The lowest BCUT2D eigenvalue weighted by Crippen LogP contribution is -2.34. The number of hydrogen-bond acceptors (Lipinski definition) is 6. The molecule has 190 valence electrons. The second-order valence-electron chi connectivity index (χ2n) is 9.69. The fourth-order valence-electron chi connectivity index (χ4n) is 4.86. The molecule has 2 amide bonds.